The Balaban J connectivity index is 1.65. The van der Waals surface area contributed by atoms with Crippen LogP contribution in [0.15, 0.2) is 28.5 Å². The summed E-state index contributed by atoms with van der Waals surface area (Å²) in [6.07, 6.45) is 1.05. The number of hydrogen-bond donors (Lipinski definition) is 3. The Morgan fingerprint density at radius 3 is 2.55 bits per heavy atom. The van der Waals surface area contributed by atoms with E-state index in [0.29, 0.717) is 36.3 Å². The first-order valence-corrected chi connectivity index (χ1v) is 13.0. The van der Waals surface area contributed by atoms with Gasteiger partial charge in [-0.2, -0.15) is 0 Å². The van der Waals surface area contributed by atoms with Gasteiger partial charge in [-0.1, -0.05) is 6.07 Å². The number of aryl methyl sites for hydroxylation is 1. The molecule has 1 aromatic rings. The summed E-state index contributed by atoms with van der Waals surface area (Å²) in [5, 5.41) is 14.3. The average Bonchev–Trinajstić information content (AvgIpc) is 2.86. The Kier molecular flexibility index (Phi) is 6.61. The number of methoxy groups -OCH3 is 2. The smallest absolute Gasteiger partial charge is 0.236 e. The number of piperazine rings is 1. The van der Waals surface area contributed by atoms with Gasteiger partial charge in [0.15, 0.2) is 23.0 Å². The van der Waals surface area contributed by atoms with Crippen LogP contribution in [0.3, 0.4) is 0 Å². The zero-order chi connectivity index (χ0) is 27.6. The second kappa shape index (κ2) is 9.52. The van der Waals surface area contributed by atoms with Crippen LogP contribution in [-0.4, -0.2) is 90.9 Å². The molecule has 2 bridgehead atoms. The fourth-order valence-corrected chi connectivity index (χ4v) is 6.89. The lowest BCUT2D eigenvalue weighted by Crippen LogP contribution is -2.67. The molecule has 38 heavy (non-hydrogen) atoms. The number of rotatable bonds is 5. The quantitative estimate of drug-likeness (QED) is 0.480. The summed E-state index contributed by atoms with van der Waals surface area (Å²) in [6, 6.07) is 0.461. The van der Waals surface area contributed by atoms with Gasteiger partial charge in [0.25, 0.3) is 0 Å². The van der Waals surface area contributed by atoms with Gasteiger partial charge in [0.2, 0.25) is 11.7 Å². The van der Waals surface area contributed by atoms with Crippen molar-refractivity contribution in [1.29, 1.82) is 0 Å². The summed E-state index contributed by atoms with van der Waals surface area (Å²) in [7, 11) is 4.98. The van der Waals surface area contributed by atoms with Crippen molar-refractivity contribution < 1.29 is 29.0 Å². The molecular formula is C28H36N4O6. The Hall–Kier alpha value is -3.21. The van der Waals surface area contributed by atoms with Gasteiger partial charge in [-0.05, 0) is 51.8 Å². The van der Waals surface area contributed by atoms with Crippen LogP contribution < -0.4 is 15.8 Å². The Morgan fingerprint density at radius 2 is 1.92 bits per heavy atom. The van der Waals surface area contributed by atoms with Crippen LogP contribution in [0.1, 0.15) is 43.0 Å². The fraction of sp³-hybridized carbons (Fsp3) is 0.536. The molecule has 1 aromatic carbocycles. The van der Waals surface area contributed by atoms with E-state index in [4.69, 9.17) is 15.2 Å². The molecule has 0 aromatic heterocycles. The number of ketones is 2. The first kappa shape index (κ1) is 26.4. The third-order valence-corrected chi connectivity index (χ3v) is 8.71. The van der Waals surface area contributed by atoms with E-state index in [-0.39, 0.29) is 59.2 Å². The second-order valence-electron chi connectivity index (χ2n) is 10.8. The van der Waals surface area contributed by atoms with Gasteiger partial charge in [-0.15, -0.1) is 0 Å². The van der Waals surface area contributed by atoms with Crippen molar-refractivity contribution in [2.24, 2.45) is 5.73 Å². The van der Waals surface area contributed by atoms with Crippen LogP contribution in [0.2, 0.25) is 0 Å². The minimum Gasteiger partial charge on any atom is -0.504 e. The SMILES string of the molecule is COC1=C(C)C(=O)C2=C(C1=O)[C@H](CNC(=O)[C@H](C)N)N1CC3Cc4cc(C)c(OC)c(O)c4[C@H]([C@@H]1C2)N3C. The number of phenols is 1. The van der Waals surface area contributed by atoms with Crippen molar-refractivity contribution in [3.05, 3.63) is 45.2 Å². The van der Waals surface area contributed by atoms with E-state index in [1.54, 1.807) is 21.0 Å². The maximum Gasteiger partial charge on any atom is 0.236 e. The number of ether oxygens (including phenoxy) is 2. The van der Waals surface area contributed by atoms with Crippen molar-refractivity contribution in [2.45, 2.75) is 63.8 Å². The molecule has 4 aliphatic rings. The Labute approximate surface area is 222 Å². The average molecular weight is 525 g/mol. The fourth-order valence-electron chi connectivity index (χ4n) is 6.89. The number of carbonyl (C=O) groups is 3. The van der Waals surface area contributed by atoms with Gasteiger partial charge in [-0.3, -0.25) is 24.2 Å². The van der Waals surface area contributed by atoms with Crippen LogP contribution in [0.4, 0.5) is 0 Å². The normalized spacial score (nSPS) is 28.0. The molecule has 1 saturated heterocycles. The second-order valence-corrected chi connectivity index (χ2v) is 10.8. The third kappa shape index (κ3) is 3.77. The van der Waals surface area contributed by atoms with Gasteiger partial charge >= 0.3 is 0 Å². The van der Waals surface area contributed by atoms with Gasteiger partial charge < -0.3 is 25.6 Å². The number of hydrogen-bond acceptors (Lipinski definition) is 9. The van der Waals surface area contributed by atoms with Crippen LogP contribution in [0.5, 0.6) is 11.5 Å². The first-order valence-electron chi connectivity index (χ1n) is 13.0. The number of aromatic hydroxyl groups is 1. The molecule has 1 aliphatic carbocycles. The predicted octanol–water partition coefficient (Wildman–Crippen LogP) is 0.896. The molecule has 1 unspecified atom stereocenters. The van der Waals surface area contributed by atoms with Crippen LogP contribution in [0, 0.1) is 6.92 Å². The van der Waals surface area contributed by atoms with Crippen molar-refractivity contribution in [3.8, 4) is 11.5 Å². The lowest BCUT2D eigenvalue weighted by atomic mass is 9.71. The lowest BCUT2D eigenvalue weighted by molar-refractivity contribution is -0.124. The van der Waals surface area contributed by atoms with Crippen LogP contribution in [0.25, 0.3) is 0 Å². The molecule has 0 saturated carbocycles. The van der Waals surface area contributed by atoms with E-state index in [1.807, 2.05) is 14.0 Å². The molecule has 5 atom stereocenters. The van der Waals surface area contributed by atoms with Crippen molar-refractivity contribution in [2.75, 3.05) is 34.4 Å². The minimum atomic E-state index is -0.713. The number of nitrogens with two attached hydrogens (primary N) is 1. The van der Waals surface area contributed by atoms with Crippen molar-refractivity contribution in [3.63, 3.8) is 0 Å². The maximum atomic E-state index is 13.7. The van der Waals surface area contributed by atoms with E-state index in [1.165, 1.54) is 7.11 Å². The highest BCUT2D eigenvalue weighted by molar-refractivity contribution is 6.25. The molecule has 3 aliphatic heterocycles. The summed E-state index contributed by atoms with van der Waals surface area (Å²) < 4.78 is 10.9. The van der Waals surface area contributed by atoms with Crippen LogP contribution >= 0.6 is 0 Å². The maximum absolute atomic E-state index is 13.7. The molecule has 1 fully saturated rings. The zero-order valence-corrected chi connectivity index (χ0v) is 22.8. The summed E-state index contributed by atoms with van der Waals surface area (Å²) in [6.45, 7) is 5.89. The standard InChI is InChI=1S/C28H36N4O6/c1-12-7-15-8-16-11-32-18(22(31(16)4)20(15)24(34)26(12)37-5)9-17-21(19(32)10-30-28(36)14(3)29)25(35)27(38-6)13(2)23(17)33/h7,14,16,18-19,22,34H,8-11,29H2,1-6H3,(H,30,36)/t14-,16?,18-,19-,22-/m0/s1. The highest BCUT2D eigenvalue weighted by Gasteiger charge is 2.54. The molecule has 5 rings (SSSR count). The summed E-state index contributed by atoms with van der Waals surface area (Å²) in [5.74, 6) is -0.260. The number of likely N-dealkylation sites (N-methyl/N-ethyl adjacent to an activating group) is 1. The highest BCUT2D eigenvalue weighted by Crippen LogP contribution is 2.52. The van der Waals surface area contributed by atoms with Crippen molar-refractivity contribution in [1.82, 2.24) is 15.1 Å². The number of carbonyl (C=O) groups excluding carboxylic acids is 3. The lowest BCUT2D eigenvalue weighted by Gasteiger charge is -2.58. The monoisotopic (exact) mass is 524 g/mol. The van der Waals surface area contributed by atoms with Gasteiger partial charge in [0, 0.05) is 47.5 Å². The Morgan fingerprint density at radius 1 is 1.21 bits per heavy atom. The number of amides is 1. The van der Waals surface area contributed by atoms with Gasteiger partial charge in [0.1, 0.15) is 0 Å². The minimum absolute atomic E-state index is 0.0493. The number of Topliss-reactive ketones (excluding diaryl/α,β-unsaturated/α-hetero) is 2. The molecular weight excluding hydrogens is 488 g/mol. The summed E-state index contributed by atoms with van der Waals surface area (Å²) in [4.78, 5) is 44.2. The van der Waals surface area contributed by atoms with E-state index >= 15 is 0 Å². The molecule has 1 amide bonds. The van der Waals surface area contributed by atoms with E-state index < -0.39 is 12.1 Å². The topological polar surface area (TPSA) is 134 Å². The molecule has 4 N–H and O–H groups in total. The largest absolute Gasteiger partial charge is 0.504 e. The number of nitrogens with one attached hydrogen (secondary N) is 1. The molecule has 3 heterocycles. The summed E-state index contributed by atoms with van der Waals surface area (Å²) in [5.41, 5.74) is 9.65. The van der Waals surface area contributed by atoms with E-state index in [0.717, 1.165) is 16.7 Å². The molecule has 0 spiro atoms. The number of nitrogens with zero attached hydrogens (tertiary/aromatic N) is 2. The van der Waals surface area contributed by atoms with Crippen LogP contribution in [-0.2, 0) is 25.5 Å². The van der Waals surface area contributed by atoms with E-state index in [2.05, 4.69) is 21.2 Å². The molecule has 204 valence electrons. The van der Waals surface area contributed by atoms with Crippen molar-refractivity contribution >= 4 is 17.5 Å². The molecule has 10 heteroatoms. The predicted molar refractivity (Wildman–Crippen MR) is 140 cm³/mol. The van der Waals surface area contributed by atoms with Gasteiger partial charge in [-0.25, -0.2) is 0 Å². The number of fused-ring (bicyclic) bond motifs is 6. The zero-order valence-electron chi connectivity index (χ0n) is 22.8. The number of benzene rings is 1. The highest BCUT2D eigenvalue weighted by atomic mass is 16.5. The number of allylic oxidation sites excluding steroid dienone is 2. The molecule has 0 radical (unpaired) electrons. The summed E-state index contributed by atoms with van der Waals surface area (Å²) >= 11 is 0. The van der Waals surface area contributed by atoms with Gasteiger partial charge in [0.05, 0.1) is 32.3 Å². The van der Waals surface area contributed by atoms with E-state index in [9.17, 15) is 19.5 Å². The third-order valence-electron chi connectivity index (χ3n) is 8.71. The number of phenolic OH excluding ortho intramolecular Hbond substituents is 1. The first-order chi connectivity index (χ1) is 18.0. The molecule has 10 nitrogen and oxygen atoms in total. The Bertz CT molecular complexity index is 1300.